The van der Waals surface area contributed by atoms with Crippen LogP contribution in [0.2, 0.25) is 0 Å². The van der Waals surface area contributed by atoms with Crippen LogP contribution in [0.25, 0.3) is 0 Å². The van der Waals surface area contributed by atoms with Crippen molar-refractivity contribution in [3.63, 3.8) is 0 Å². The maximum atomic E-state index is 5.81. The first-order chi connectivity index (χ1) is 7.81. The smallest absolute Gasteiger partial charge is 0.134 e. The van der Waals surface area contributed by atoms with Gasteiger partial charge in [-0.05, 0) is 19.3 Å². The van der Waals surface area contributed by atoms with E-state index < -0.39 is 0 Å². The zero-order chi connectivity index (χ0) is 11.4. The molecule has 1 saturated heterocycles. The predicted molar refractivity (Wildman–Crippen MR) is 63.3 cm³/mol. The average molecular weight is 222 g/mol. The number of anilines is 2. The van der Waals surface area contributed by atoms with Crippen LogP contribution in [0.4, 0.5) is 11.6 Å². The highest BCUT2D eigenvalue weighted by Gasteiger charge is 2.16. The van der Waals surface area contributed by atoms with E-state index >= 15 is 0 Å². The maximum absolute atomic E-state index is 5.81. The number of hydrogen-bond acceptors (Lipinski definition) is 5. The third-order valence-corrected chi connectivity index (χ3v) is 2.83. The van der Waals surface area contributed by atoms with Gasteiger partial charge in [-0.15, -0.1) is 0 Å². The number of ether oxygens (including phenoxy) is 1. The van der Waals surface area contributed by atoms with Crippen molar-refractivity contribution in [3.8, 4) is 0 Å². The quantitative estimate of drug-likeness (QED) is 0.804. The monoisotopic (exact) mass is 222 g/mol. The van der Waals surface area contributed by atoms with Crippen molar-refractivity contribution < 1.29 is 4.74 Å². The van der Waals surface area contributed by atoms with Gasteiger partial charge in [0.1, 0.15) is 18.0 Å². The number of nitrogens with one attached hydrogen (secondary N) is 1. The Morgan fingerprint density at radius 3 is 3.12 bits per heavy atom. The van der Waals surface area contributed by atoms with Gasteiger partial charge in [-0.3, -0.25) is 0 Å². The lowest BCUT2D eigenvalue weighted by Crippen LogP contribution is -2.30. The van der Waals surface area contributed by atoms with Crippen LogP contribution >= 0.6 is 0 Å². The first-order valence-electron chi connectivity index (χ1n) is 5.75. The van der Waals surface area contributed by atoms with E-state index in [1.54, 1.807) is 0 Å². The molecule has 1 aliphatic rings. The number of rotatable bonds is 3. The van der Waals surface area contributed by atoms with Gasteiger partial charge >= 0.3 is 0 Å². The molecular formula is C11H18N4O. The van der Waals surface area contributed by atoms with Gasteiger partial charge in [-0.1, -0.05) is 6.92 Å². The second-order valence-electron chi connectivity index (χ2n) is 4.00. The van der Waals surface area contributed by atoms with Gasteiger partial charge < -0.3 is 15.8 Å². The van der Waals surface area contributed by atoms with Crippen LogP contribution in [0, 0.1) is 0 Å². The van der Waals surface area contributed by atoms with Gasteiger partial charge in [-0.2, -0.15) is 0 Å². The summed E-state index contributed by atoms with van der Waals surface area (Å²) < 4.78 is 5.42. The molecule has 1 aromatic heterocycles. The van der Waals surface area contributed by atoms with E-state index in [2.05, 4.69) is 22.2 Å². The molecule has 5 nitrogen and oxygen atoms in total. The summed E-state index contributed by atoms with van der Waals surface area (Å²) in [7, 11) is 0. The molecule has 0 aromatic carbocycles. The minimum Gasteiger partial charge on any atom is -0.383 e. The molecule has 0 bridgehead atoms. The summed E-state index contributed by atoms with van der Waals surface area (Å²) in [4.78, 5) is 8.25. The molecule has 1 fully saturated rings. The molecule has 0 aliphatic carbocycles. The zero-order valence-corrected chi connectivity index (χ0v) is 9.57. The van der Waals surface area contributed by atoms with Crippen molar-refractivity contribution in [2.75, 3.05) is 24.3 Å². The summed E-state index contributed by atoms with van der Waals surface area (Å²) in [6.45, 7) is 3.66. The summed E-state index contributed by atoms with van der Waals surface area (Å²) in [6, 6.07) is 0.341. The fourth-order valence-electron chi connectivity index (χ4n) is 1.95. The average Bonchev–Trinajstić information content (AvgIpc) is 2.31. The highest BCUT2D eigenvalue weighted by Crippen LogP contribution is 2.20. The predicted octanol–water partition coefficient (Wildman–Crippen LogP) is 1.21. The molecule has 16 heavy (non-hydrogen) atoms. The van der Waals surface area contributed by atoms with Crippen LogP contribution in [0.3, 0.4) is 0 Å². The summed E-state index contributed by atoms with van der Waals surface area (Å²) in [6.07, 6.45) is 4.55. The van der Waals surface area contributed by atoms with Crippen LogP contribution in [-0.4, -0.2) is 29.2 Å². The van der Waals surface area contributed by atoms with Crippen molar-refractivity contribution >= 4 is 11.6 Å². The zero-order valence-electron chi connectivity index (χ0n) is 9.57. The minimum atomic E-state index is 0.341. The Labute approximate surface area is 95.4 Å². The highest BCUT2D eigenvalue weighted by atomic mass is 16.5. The standard InChI is InChI=1S/C11H18N4O/c1-2-9-10(12)13-7-14-11(9)15-8-4-3-5-16-6-8/h7-8H,2-6H2,1H3,(H3,12,13,14,15). The Kier molecular flexibility index (Phi) is 3.56. The van der Waals surface area contributed by atoms with Gasteiger partial charge in [0, 0.05) is 12.2 Å². The largest absolute Gasteiger partial charge is 0.383 e. The summed E-state index contributed by atoms with van der Waals surface area (Å²) >= 11 is 0. The molecule has 88 valence electrons. The van der Waals surface area contributed by atoms with Gasteiger partial charge in [0.15, 0.2) is 0 Å². The van der Waals surface area contributed by atoms with E-state index in [9.17, 15) is 0 Å². The third kappa shape index (κ3) is 2.41. The van der Waals surface area contributed by atoms with Crippen LogP contribution in [0.5, 0.6) is 0 Å². The maximum Gasteiger partial charge on any atom is 0.134 e. The number of nitrogen functional groups attached to an aromatic ring is 1. The molecule has 5 heteroatoms. The molecule has 0 spiro atoms. The molecule has 3 N–H and O–H groups in total. The van der Waals surface area contributed by atoms with Crippen LogP contribution in [0.15, 0.2) is 6.33 Å². The lowest BCUT2D eigenvalue weighted by Gasteiger charge is -2.24. The van der Waals surface area contributed by atoms with Crippen molar-refractivity contribution in [1.29, 1.82) is 0 Å². The fraction of sp³-hybridized carbons (Fsp3) is 0.636. The van der Waals surface area contributed by atoms with Gasteiger partial charge in [0.25, 0.3) is 0 Å². The topological polar surface area (TPSA) is 73.1 Å². The Bertz CT molecular complexity index is 350. The Morgan fingerprint density at radius 1 is 1.56 bits per heavy atom. The Morgan fingerprint density at radius 2 is 2.44 bits per heavy atom. The summed E-state index contributed by atoms with van der Waals surface area (Å²) in [5.74, 6) is 1.42. The van der Waals surface area contributed by atoms with Crippen molar-refractivity contribution in [1.82, 2.24) is 9.97 Å². The molecule has 2 heterocycles. The molecule has 1 atom stereocenters. The molecule has 1 aliphatic heterocycles. The van der Waals surface area contributed by atoms with E-state index in [0.29, 0.717) is 11.9 Å². The first kappa shape index (κ1) is 11.1. The number of nitrogens with zero attached hydrogens (tertiary/aromatic N) is 2. The fourth-order valence-corrected chi connectivity index (χ4v) is 1.95. The Balaban J connectivity index is 2.10. The van der Waals surface area contributed by atoms with Crippen molar-refractivity contribution in [2.24, 2.45) is 0 Å². The molecule has 1 unspecified atom stereocenters. The molecule has 2 rings (SSSR count). The van der Waals surface area contributed by atoms with Gasteiger partial charge in [-0.25, -0.2) is 9.97 Å². The number of nitrogens with two attached hydrogens (primary N) is 1. The third-order valence-electron chi connectivity index (χ3n) is 2.83. The molecule has 0 radical (unpaired) electrons. The van der Waals surface area contributed by atoms with Gasteiger partial charge in [0.2, 0.25) is 0 Å². The second-order valence-corrected chi connectivity index (χ2v) is 4.00. The molecule has 0 saturated carbocycles. The van der Waals surface area contributed by atoms with Crippen molar-refractivity contribution in [3.05, 3.63) is 11.9 Å². The molecular weight excluding hydrogens is 204 g/mol. The second kappa shape index (κ2) is 5.12. The Hall–Kier alpha value is -1.36. The normalized spacial score (nSPS) is 20.7. The van der Waals surface area contributed by atoms with E-state index in [4.69, 9.17) is 10.5 Å². The van der Waals surface area contributed by atoms with Crippen LogP contribution in [-0.2, 0) is 11.2 Å². The van der Waals surface area contributed by atoms with E-state index in [1.807, 2.05) is 0 Å². The van der Waals surface area contributed by atoms with Crippen molar-refractivity contribution in [2.45, 2.75) is 32.2 Å². The van der Waals surface area contributed by atoms with Gasteiger partial charge in [0.05, 0.1) is 12.6 Å². The lowest BCUT2D eigenvalue weighted by molar-refractivity contribution is 0.0875. The molecule has 1 aromatic rings. The van der Waals surface area contributed by atoms with E-state index in [-0.39, 0.29) is 0 Å². The van der Waals surface area contributed by atoms with Crippen LogP contribution < -0.4 is 11.1 Å². The molecule has 0 amide bonds. The summed E-state index contributed by atoms with van der Waals surface area (Å²) in [5, 5.41) is 3.39. The summed E-state index contributed by atoms with van der Waals surface area (Å²) in [5.41, 5.74) is 6.81. The highest BCUT2D eigenvalue weighted by molar-refractivity contribution is 5.55. The number of aromatic nitrogens is 2. The van der Waals surface area contributed by atoms with E-state index in [1.165, 1.54) is 6.33 Å². The lowest BCUT2D eigenvalue weighted by atomic mass is 10.1. The SMILES string of the molecule is CCc1c(N)ncnc1NC1CCCOC1. The van der Waals surface area contributed by atoms with E-state index in [0.717, 1.165) is 43.9 Å². The number of hydrogen-bond donors (Lipinski definition) is 2. The first-order valence-corrected chi connectivity index (χ1v) is 5.75. The van der Waals surface area contributed by atoms with Crippen LogP contribution in [0.1, 0.15) is 25.3 Å². The minimum absolute atomic E-state index is 0.341.